The lowest BCUT2D eigenvalue weighted by atomic mass is 10.1. The molecule has 4 rings (SSSR count). The van der Waals surface area contributed by atoms with Gasteiger partial charge in [-0.25, -0.2) is 0 Å². The van der Waals surface area contributed by atoms with Crippen LogP contribution in [0.4, 0.5) is 0 Å². The van der Waals surface area contributed by atoms with Crippen LogP contribution in [0.2, 0.25) is 0 Å². The minimum absolute atomic E-state index is 0.0768. The SMILES string of the molecule is Cc1cc(OCC2OCCCO2)cc(=O)n1[C@@H](C)c1ccc(C#CC2CC2)cc1. The molecule has 2 heterocycles. The zero-order valence-corrected chi connectivity index (χ0v) is 17.0. The Morgan fingerprint density at radius 2 is 1.90 bits per heavy atom. The topological polar surface area (TPSA) is 49.7 Å². The van der Waals surface area contributed by atoms with Crippen molar-refractivity contribution < 1.29 is 14.2 Å². The highest BCUT2D eigenvalue weighted by atomic mass is 16.7. The van der Waals surface area contributed by atoms with Crippen LogP contribution in [0, 0.1) is 24.7 Å². The molecular weight excluding hydrogens is 366 g/mol. The Bertz CT molecular complexity index is 957. The molecule has 0 amide bonds. The van der Waals surface area contributed by atoms with Gasteiger partial charge in [0.05, 0.1) is 19.3 Å². The van der Waals surface area contributed by atoms with Crippen LogP contribution in [0.25, 0.3) is 0 Å². The summed E-state index contributed by atoms with van der Waals surface area (Å²) < 4.78 is 18.5. The third-order valence-electron chi connectivity index (χ3n) is 5.29. The Labute approximate surface area is 171 Å². The third kappa shape index (κ3) is 5.09. The molecule has 2 aliphatic rings. The van der Waals surface area contributed by atoms with E-state index in [0.29, 0.717) is 24.9 Å². The van der Waals surface area contributed by atoms with Gasteiger partial charge in [0.2, 0.25) is 0 Å². The number of pyridine rings is 1. The zero-order chi connectivity index (χ0) is 20.2. The second-order valence-corrected chi connectivity index (χ2v) is 7.72. The van der Waals surface area contributed by atoms with E-state index in [0.717, 1.165) is 23.2 Å². The number of aromatic nitrogens is 1. The van der Waals surface area contributed by atoms with E-state index in [2.05, 4.69) is 24.0 Å². The second-order valence-electron chi connectivity index (χ2n) is 7.72. The van der Waals surface area contributed by atoms with Crippen molar-refractivity contribution in [1.29, 1.82) is 0 Å². The highest BCUT2D eigenvalue weighted by molar-refractivity contribution is 5.38. The standard InChI is InChI=1S/C24H27NO4/c1-17-14-22(29-16-24-27-12-3-13-28-24)15-23(26)25(17)18(2)21-10-8-20(9-11-21)7-6-19-4-5-19/h8-11,14-15,18-19,24H,3-5,12-13,16H2,1-2H3/t18-/m0/s1. The van der Waals surface area contributed by atoms with Crippen molar-refractivity contribution in [3.05, 3.63) is 63.6 Å². The molecule has 0 bridgehead atoms. The van der Waals surface area contributed by atoms with Gasteiger partial charge in [0.15, 0.2) is 6.29 Å². The summed E-state index contributed by atoms with van der Waals surface area (Å²) >= 11 is 0. The summed E-state index contributed by atoms with van der Waals surface area (Å²) in [7, 11) is 0. The number of nitrogens with zero attached hydrogens (tertiary/aromatic N) is 1. The molecule has 0 N–H and O–H groups in total. The predicted octanol–water partition coefficient (Wildman–Crippen LogP) is 3.67. The zero-order valence-electron chi connectivity index (χ0n) is 17.0. The van der Waals surface area contributed by atoms with E-state index in [4.69, 9.17) is 14.2 Å². The van der Waals surface area contributed by atoms with Crippen LogP contribution < -0.4 is 10.3 Å². The van der Waals surface area contributed by atoms with E-state index in [1.807, 2.05) is 32.0 Å². The smallest absolute Gasteiger partial charge is 0.254 e. The number of rotatable bonds is 5. The van der Waals surface area contributed by atoms with Gasteiger partial charge >= 0.3 is 0 Å². The number of benzene rings is 1. The number of hydrogen-bond acceptors (Lipinski definition) is 4. The van der Waals surface area contributed by atoms with Crippen molar-refractivity contribution in [2.75, 3.05) is 19.8 Å². The molecule has 2 fully saturated rings. The first-order valence-electron chi connectivity index (χ1n) is 10.3. The van der Waals surface area contributed by atoms with Crippen LogP contribution in [0.1, 0.15) is 49.0 Å². The Morgan fingerprint density at radius 3 is 2.55 bits per heavy atom. The lowest BCUT2D eigenvalue weighted by molar-refractivity contribution is -0.191. The highest BCUT2D eigenvalue weighted by Gasteiger charge is 2.18. The summed E-state index contributed by atoms with van der Waals surface area (Å²) in [6, 6.07) is 11.5. The Balaban J connectivity index is 1.45. The number of ether oxygens (including phenoxy) is 3. The minimum Gasteiger partial charge on any atom is -0.488 e. The molecule has 0 radical (unpaired) electrons. The normalized spacial score (nSPS) is 18.0. The van der Waals surface area contributed by atoms with Gasteiger partial charge in [-0.2, -0.15) is 0 Å². The van der Waals surface area contributed by atoms with Crippen LogP contribution in [0.5, 0.6) is 5.75 Å². The van der Waals surface area contributed by atoms with E-state index in [1.54, 1.807) is 4.57 Å². The molecule has 29 heavy (non-hydrogen) atoms. The summed E-state index contributed by atoms with van der Waals surface area (Å²) in [5, 5.41) is 0. The quantitative estimate of drug-likeness (QED) is 0.728. The molecule has 1 aliphatic carbocycles. The largest absolute Gasteiger partial charge is 0.488 e. The van der Waals surface area contributed by atoms with Gasteiger partial charge in [0, 0.05) is 23.2 Å². The first kappa shape index (κ1) is 19.8. The Hall–Kier alpha value is -2.55. The fourth-order valence-electron chi connectivity index (χ4n) is 3.47. The number of hydrogen-bond donors (Lipinski definition) is 0. The van der Waals surface area contributed by atoms with Crippen molar-refractivity contribution in [3.63, 3.8) is 0 Å². The number of aryl methyl sites for hydroxylation is 1. The lowest BCUT2D eigenvalue weighted by Crippen LogP contribution is -2.31. The predicted molar refractivity (Wildman–Crippen MR) is 111 cm³/mol. The van der Waals surface area contributed by atoms with Crippen molar-refractivity contribution in [1.82, 2.24) is 4.57 Å². The molecule has 5 heteroatoms. The molecule has 0 spiro atoms. The summed E-state index contributed by atoms with van der Waals surface area (Å²) in [4.78, 5) is 12.8. The fraction of sp³-hybridized carbons (Fsp3) is 0.458. The van der Waals surface area contributed by atoms with Crippen molar-refractivity contribution in [2.24, 2.45) is 5.92 Å². The van der Waals surface area contributed by atoms with E-state index in [9.17, 15) is 4.79 Å². The first-order valence-corrected chi connectivity index (χ1v) is 10.3. The monoisotopic (exact) mass is 393 g/mol. The molecular formula is C24H27NO4. The molecule has 0 unspecified atom stereocenters. The van der Waals surface area contributed by atoms with E-state index >= 15 is 0 Å². The Kier molecular flexibility index (Phi) is 6.03. The van der Waals surface area contributed by atoms with Gasteiger partial charge < -0.3 is 18.8 Å². The van der Waals surface area contributed by atoms with Gasteiger partial charge in [0.1, 0.15) is 12.4 Å². The van der Waals surface area contributed by atoms with Gasteiger partial charge in [-0.15, -0.1) is 0 Å². The minimum atomic E-state index is -0.369. The lowest BCUT2D eigenvalue weighted by Gasteiger charge is -2.24. The molecule has 152 valence electrons. The van der Waals surface area contributed by atoms with Crippen LogP contribution >= 0.6 is 0 Å². The second kappa shape index (κ2) is 8.86. The molecule has 1 aliphatic heterocycles. The van der Waals surface area contributed by atoms with Crippen LogP contribution in [-0.4, -0.2) is 30.7 Å². The van der Waals surface area contributed by atoms with Gasteiger partial charge in [-0.3, -0.25) is 4.79 Å². The van der Waals surface area contributed by atoms with Gasteiger partial charge in [-0.1, -0.05) is 24.0 Å². The fourth-order valence-corrected chi connectivity index (χ4v) is 3.47. The summed E-state index contributed by atoms with van der Waals surface area (Å²) in [5.41, 5.74) is 2.86. The van der Waals surface area contributed by atoms with E-state index < -0.39 is 0 Å². The maximum absolute atomic E-state index is 12.8. The molecule has 5 nitrogen and oxygen atoms in total. The molecule has 1 aromatic heterocycles. The summed E-state index contributed by atoms with van der Waals surface area (Å²) in [6.07, 6.45) is 2.99. The van der Waals surface area contributed by atoms with Crippen LogP contribution in [0.3, 0.4) is 0 Å². The maximum Gasteiger partial charge on any atom is 0.254 e. The van der Waals surface area contributed by atoms with E-state index in [-0.39, 0.29) is 24.5 Å². The Morgan fingerprint density at radius 1 is 1.17 bits per heavy atom. The van der Waals surface area contributed by atoms with E-state index in [1.165, 1.54) is 18.9 Å². The average molecular weight is 393 g/mol. The van der Waals surface area contributed by atoms with Crippen LogP contribution in [0.15, 0.2) is 41.2 Å². The van der Waals surface area contributed by atoms with Gasteiger partial charge in [0.25, 0.3) is 5.56 Å². The van der Waals surface area contributed by atoms with Crippen molar-refractivity contribution >= 4 is 0 Å². The van der Waals surface area contributed by atoms with Crippen LogP contribution in [-0.2, 0) is 9.47 Å². The summed E-state index contributed by atoms with van der Waals surface area (Å²) in [6.45, 7) is 5.59. The summed E-state index contributed by atoms with van der Waals surface area (Å²) in [5.74, 6) is 7.64. The molecule has 1 saturated heterocycles. The maximum atomic E-state index is 12.8. The molecule has 1 aromatic carbocycles. The highest BCUT2D eigenvalue weighted by Crippen LogP contribution is 2.27. The van der Waals surface area contributed by atoms with Crippen molar-refractivity contribution in [2.45, 2.75) is 45.4 Å². The molecule has 1 saturated carbocycles. The third-order valence-corrected chi connectivity index (χ3v) is 5.29. The molecule has 1 atom stereocenters. The van der Waals surface area contributed by atoms with Gasteiger partial charge in [-0.05, 0) is 56.9 Å². The molecule has 2 aromatic rings. The first-order chi connectivity index (χ1) is 14.1. The van der Waals surface area contributed by atoms with Crippen molar-refractivity contribution in [3.8, 4) is 17.6 Å². The average Bonchev–Trinajstić information content (AvgIpc) is 3.56.